The minimum absolute atomic E-state index is 0.0896. The standard InChI is InChI=1S/C21H19ClN2O4/c1-12(2)28-15-7-4-13(5-8-15)10-17(22)19-23-18-11-14(21(26)27-3)6-9-16(18)20(25)24-19/h4-12H,1-3H3,(H,23,24,25)/b17-10-. The number of hydrogen-bond donors (Lipinski definition) is 1. The highest BCUT2D eigenvalue weighted by molar-refractivity contribution is 6.50. The van der Waals surface area contributed by atoms with Gasteiger partial charge in [0, 0.05) is 0 Å². The number of rotatable bonds is 5. The highest BCUT2D eigenvalue weighted by Gasteiger charge is 2.11. The van der Waals surface area contributed by atoms with Gasteiger partial charge in [0.25, 0.3) is 5.56 Å². The zero-order valence-corrected chi connectivity index (χ0v) is 16.4. The van der Waals surface area contributed by atoms with Crippen molar-refractivity contribution in [1.29, 1.82) is 0 Å². The van der Waals surface area contributed by atoms with E-state index in [0.29, 0.717) is 16.5 Å². The molecule has 144 valence electrons. The molecule has 0 spiro atoms. The van der Waals surface area contributed by atoms with E-state index in [1.807, 2.05) is 38.1 Å². The largest absolute Gasteiger partial charge is 0.491 e. The maximum absolute atomic E-state index is 12.3. The summed E-state index contributed by atoms with van der Waals surface area (Å²) in [5.74, 6) is 0.468. The molecule has 1 N–H and O–H groups in total. The Balaban J connectivity index is 1.96. The van der Waals surface area contributed by atoms with Crippen LogP contribution in [-0.4, -0.2) is 29.2 Å². The molecular formula is C21H19ClN2O4. The molecule has 6 nitrogen and oxygen atoms in total. The van der Waals surface area contributed by atoms with E-state index >= 15 is 0 Å². The number of nitrogens with zero attached hydrogens (tertiary/aromatic N) is 1. The SMILES string of the molecule is COC(=O)c1ccc2c(=O)[nH]c(/C(Cl)=C/c3ccc(OC(C)C)cc3)nc2c1. The van der Waals surface area contributed by atoms with Crippen molar-refractivity contribution in [3.8, 4) is 5.75 Å². The van der Waals surface area contributed by atoms with Crippen LogP contribution in [0.1, 0.15) is 35.6 Å². The minimum atomic E-state index is -0.504. The first-order valence-corrected chi connectivity index (χ1v) is 9.02. The van der Waals surface area contributed by atoms with E-state index in [4.69, 9.17) is 21.1 Å². The highest BCUT2D eigenvalue weighted by atomic mass is 35.5. The van der Waals surface area contributed by atoms with Gasteiger partial charge in [-0.05, 0) is 55.8 Å². The summed E-state index contributed by atoms with van der Waals surface area (Å²) in [5, 5.41) is 0.621. The third kappa shape index (κ3) is 4.40. The summed E-state index contributed by atoms with van der Waals surface area (Å²) < 4.78 is 10.3. The van der Waals surface area contributed by atoms with E-state index in [0.717, 1.165) is 11.3 Å². The first-order chi connectivity index (χ1) is 13.4. The van der Waals surface area contributed by atoms with Crippen LogP contribution in [0, 0.1) is 0 Å². The van der Waals surface area contributed by atoms with Crippen LogP contribution >= 0.6 is 11.6 Å². The quantitative estimate of drug-likeness (QED) is 0.650. The first-order valence-electron chi connectivity index (χ1n) is 8.64. The van der Waals surface area contributed by atoms with E-state index in [2.05, 4.69) is 9.97 Å². The number of fused-ring (bicyclic) bond motifs is 1. The van der Waals surface area contributed by atoms with E-state index in [-0.39, 0.29) is 22.5 Å². The third-order valence-corrected chi connectivity index (χ3v) is 4.19. The lowest BCUT2D eigenvalue weighted by molar-refractivity contribution is 0.0601. The fraction of sp³-hybridized carbons (Fsp3) is 0.190. The normalized spacial score (nSPS) is 11.7. The lowest BCUT2D eigenvalue weighted by atomic mass is 10.1. The van der Waals surface area contributed by atoms with Gasteiger partial charge in [0.1, 0.15) is 5.75 Å². The number of aromatic nitrogens is 2. The number of methoxy groups -OCH3 is 1. The number of benzene rings is 2. The molecule has 0 aliphatic rings. The number of carbonyl (C=O) groups excluding carboxylic acids is 1. The van der Waals surface area contributed by atoms with E-state index in [1.54, 1.807) is 6.08 Å². The zero-order chi connectivity index (χ0) is 20.3. The molecule has 0 atom stereocenters. The average Bonchev–Trinajstić information content (AvgIpc) is 2.67. The molecule has 1 aromatic heterocycles. The van der Waals surface area contributed by atoms with Crippen molar-refractivity contribution in [3.05, 3.63) is 69.8 Å². The van der Waals surface area contributed by atoms with E-state index < -0.39 is 5.97 Å². The molecule has 28 heavy (non-hydrogen) atoms. The van der Waals surface area contributed by atoms with Gasteiger partial charge in [0.2, 0.25) is 0 Å². The lowest BCUT2D eigenvalue weighted by Crippen LogP contribution is -2.11. The van der Waals surface area contributed by atoms with Crippen LogP contribution in [-0.2, 0) is 4.74 Å². The molecular weight excluding hydrogens is 380 g/mol. The molecule has 0 saturated heterocycles. The zero-order valence-electron chi connectivity index (χ0n) is 15.7. The first kappa shape index (κ1) is 19.6. The van der Waals surface area contributed by atoms with Crippen molar-refractivity contribution in [3.63, 3.8) is 0 Å². The van der Waals surface area contributed by atoms with Crippen molar-refractivity contribution < 1.29 is 14.3 Å². The Labute approximate surface area is 166 Å². The lowest BCUT2D eigenvalue weighted by Gasteiger charge is -2.09. The number of esters is 1. The highest BCUT2D eigenvalue weighted by Crippen LogP contribution is 2.22. The van der Waals surface area contributed by atoms with Crippen molar-refractivity contribution in [2.24, 2.45) is 0 Å². The summed E-state index contributed by atoms with van der Waals surface area (Å²) in [6.07, 6.45) is 1.78. The Morgan fingerprint density at radius 3 is 2.54 bits per heavy atom. The number of halogens is 1. The molecule has 0 aliphatic carbocycles. The molecule has 0 bridgehead atoms. The monoisotopic (exact) mass is 398 g/mol. The number of carbonyl (C=O) groups is 1. The number of H-pyrrole nitrogens is 1. The van der Waals surface area contributed by atoms with Gasteiger partial charge in [-0.15, -0.1) is 0 Å². The van der Waals surface area contributed by atoms with Gasteiger partial charge in [-0.25, -0.2) is 9.78 Å². The Morgan fingerprint density at radius 2 is 1.89 bits per heavy atom. The second kappa shape index (κ2) is 8.27. The molecule has 0 radical (unpaired) electrons. The molecule has 1 heterocycles. The van der Waals surface area contributed by atoms with Crippen LogP contribution < -0.4 is 10.3 Å². The maximum atomic E-state index is 12.3. The van der Waals surface area contributed by atoms with Crippen LogP contribution in [0.5, 0.6) is 5.75 Å². The smallest absolute Gasteiger partial charge is 0.337 e. The summed E-state index contributed by atoms with van der Waals surface area (Å²) in [4.78, 5) is 31.1. The number of aromatic amines is 1. The Bertz CT molecular complexity index is 1100. The summed E-state index contributed by atoms with van der Waals surface area (Å²) in [7, 11) is 1.29. The van der Waals surface area contributed by atoms with Gasteiger partial charge in [-0.1, -0.05) is 23.7 Å². The van der Waals surface area contributed by atoms with E-state index in [9.17, 15) is 9.59 Å². The molecule has 3 rings (SSSR count). The maximum Gasteiger partial charge on any atom is 0.337 e. The second-order valence-corrected chi connectivity index (χ2v) is 6.77. The summed E-state index contributed by atoms with van der Waals surface area (Å²) in [6, 6.07) is 11.9. The second-order valence-electron chi connectivity index (χ2n) is 6.37. The van der Waals surface area contributed by atoms with Gasteiger partial charge >= 0.3 is 5.97 Å². The molecule has 0 aliphatic heterocycles. The predicted molar refractivity (Wildman–Crippen MR) is 110 cm³/mol. The van der Waals surface area contributed by atoms with Crippen molar-refractivity contribution in [2.45, 2.75) is 20.0 Å². The van der Waals surface area contributed by atoms with Gasteiger partial charge in [-0.3, -0.25) is 4.79 Å². The van der Waals surface area contributed by atoms with E-state index in [1.165, 1.54) is 25.3 Å². The fourth-order valence-electron chi connectivity index (χ4n) is 2.63. The predicted octanol–water partition coefficient (Wildman–Crippen LogP) is 4.23. The minimum Gasteiger partial charge on any atom is -0.491 e. The number of hydrogen-bond acceptors (Lipinski definition) is 5. The Morgan fingerprint density at radius 1 is 1.18 bits per heavy atom. The molecule has 7 heteroatoms. The van der Waals surface area contributed by atoms with Crippen LogP contribution in [0.4, 0.5) is 0 Å². The Kier molecular flexibility index (Phi) is 5.80. The molecule has 0 fully saturated rings. The average molecular weight is 399 g/mol. The number of ether oxygens (including phenoxy) is 2. The number of nitrogens with one attached hydrogen (secondary N) is 1. The summed E-state index contributed by atoms with van der Waals surface area (Å²) in [5.41, 5.74) is 1.14. The van der Waals surface area contributed by atoms with Crippen LogP contribution in [0.25, 0.3) is 22.0 Å². The van der Waals surface area contributed by atoms with Gasteiger partial charge in [-0.2, -0.15) is 0 Å². The van der Waals surface area contributed by atoms with Gasteiger partial charge in [0.05, 0.1) is 34.7 Å². The molecule has 2 aromatic carbocycles. The van der Waals surface area contributed by atoms with Crippen LogP contribution in [0.15, 0.2) is 47.3 Å². The molecule has 0 unspecified atom stereocenters. The van der Waals surface area contributed by atoms with Crippen molar-refractivity contribution in [2.75, 3.05) is 7.11 Å². The Hall–Kier alpha value is -3.12. The van der Waals surface area contributed by atoms with Crippen LogP contribution in [0.3, 0.4) is 0 Å². The third-order valence-electron chi connectivity index (χ3n) is 3.90. The van der Waals surface area contributed by atoms with Gasteiger partial charge in [0.15, 0.2) is 5.82 Å². The van der Waals surface area contributed by atoms with Crippen molar-refractivity contribution in [1.82, 2.24) is 9.97 Å². The molecule has 0 saturated carbocycles. The van der Waals surface area contributed by atoms with Crippen LogP contribution in [0.2, 0.25) is 0 Å². The molecule has 3 aromatic rings. The van der Waals surface area contributed by atoms with Gasteiger partial charge < -0.3 is 14.5 Å². The summed E-state index contributed by atoms with van der Waals surface area (Å²) in [6.45, 7) is 3.91. The topological polar surface area (TPSA) is 81.3 Å². The van der Waals surface area contributed by atoms with Crippen molar-refractivity contribution >= 4 is 39.6 Å². The molecule has 0 amide bonds. The fourth-order valence-corrected chi connectivity index (χ4v) is 2.84. The summed E-state index contributed by atoms with van der Waals surface area (Å²) >= 11 is 6.37.